The molecule has 0 aromatic heterocycles. The summed E-state index contributed by atoms with van der Waals surface area (Å²) in [6.45, 7) is 6.70. The standard InChI is InChI=1S/C15H25N3O.HI/c1-12(2)9-17-15(16-3)18-10-13-5-7-14(8-6-13)11-19-4;/h5-8,12H,9-11H2,1-4H3,(H2,16,17,18);1H. The molecule has 2 N–H and O–H groups in total. The summed E-state index contributed by atoms with van der Waals surface area (Å²) in [6, 6.07) is 8.39. The van der Waals surface area contributed by atoms with Crippen LogP contribution in [0.15, 0.2) is 29.3 Å². The summed E-state index contributed by atoms with van der Waals surface area (Å²) in [5.41, 5.74) is 2.42. The summed E-state index contributed by atoms with van der Waals surface area (Å²) in [7, 11) is 3.50. The Bertz CT molecular complexity index is 391. The Hall–Kier alpha value is -0.820. The zero-order valence-electron chi connectivity index (χ0n) is 12.8. The lowest BCUT2D eigenvalue weighted by Crippen LogP contribution is -2.38. The lowest BCUT2D eigenvalue weighted by atomic mass is 10.1. The first-order valence-corrected chi connectivity index (χ1v) is 6.67. The van der Waals surface area contributed by atoms with Crippen LogP contribution in [0.4, 0.5) is 0 Å². The number of benzene rings is 1. The molecule has 0 saturated carbocycles. The van der Waals surface area contributed by atoms with Crippen molar-refractivity contribution in [2.24, 2.45) is 10.9 Å². The van der Waals surface area contributed by atoms with Crippen molar-refractivity contribution in [3.63, 3.8) is 0 Å². The van der Waals surface area contributed by atoms with E-state index in [1.165, 1.54) is 11.1 Å². The predicted octanol–water partition coefficient (Wildman–Crippen LogP) is 2.77. The van der Waals surface area contributed by atoms with Crippen molar-refractivity contribution in [3.05, 3.63) is 35.4 Å². The maximum atomic E-state index is 5.09. The lowest BCUT2D eigenvalue weighted by Gasteiger charge is -2.13. The molecule has 1 rings (SSSR count). The van der Waals surface area contributed by atoms with E-state index < -0.39 is 0 Å². The minimum absolute atomic E-state index is 0. The van der Waals surface area contributed by atoms with Crippen LogP contribution in [0, 0.1) is 5.92 Å². The average molecular weight is 391 g/mol. The highest BCUT2D eigenvalue weighted by Crippen LogP contribution is 2.05. The second-order valence-electron chi connectivity index (χ2n) is 4.95. The molecule has 114 valence electrons. The number of nitrogens with zero attached hydrogens (tertiary/aromatic N) is 1. The van der Waals surface area contributed by atoms with E-state index in [1.807, 2.05) is 0 Å². The smallest absolute Gasteiger partial charge is 0.191 e. The molecule has 0 bridgehead atoms. The van der Waals surface area contributed by atoms with E-state index in [2.05, 4.69) is 53.7 Å². The van der Waals surface area contributed by atoms with Gasteiger partial charge in [0.1, 0.15) is 0 Å². The molecule has 0 atom stereocenters. The van der Waals surface area contributed by atoms with E-state index in [1.54, 1.807) is 14.2 Å². The quantitative estimate of drug-likeness (QED) is 0.446. The normalized spacial score (nSPS) is 11.2. The summed E-state index contributed by atoms with van der Waals surface area (Å²) in [5.74, 6) is 1.45. The van der Waals surface area contributed by atoms with Crippen LogP contribution in [-0.4, -0.2) is 26.7 Å². The van der Waals surface area contributed by atoms with Crippen molar-refractivity contribution in [3.8, 4) is 0 Å². The molecule has 0 radical (unpaired) electrons. The van der Waals surface area contributed by atoms with Crippen molar-refractivity contribution in [2.75, 3.05) is 20.7 Å². The Morgan fingerprint density at radius 1 is 1.15 bits per heavy atom. The first-order chi connectivity index (χ1) is 9.15. The zero-order valence-corrected chi connectivity index (χ0v) is 15.1. The molecule has 20 heavy (non-hydrogen) atoms. The third kappa shape index (κ3) is 7.69. The van der Waals surface area contributed by atoms with E-state index in [0.29, 0.717) is 12.5 Å². The molecular weight excluding hydrogens is 365 g/mol. The molecule has 0 heterocycles. The average Bonchev–Trinajstić information content (AvgIpc) is 2.41. The molecule has 0 spiro atoms. The van der Waals surface area contributed by atoms with E-state index >= 15 is 0 Å². The molecular formula is C15H26IN3O. The summed E-state index contributed by atoms with van der Waals surface area (Å²) in [5, 5.41) is 6.59. The van der Waals surface area contributed by atoms with Gasteiger partial charge >= 0.3 is 0 Å². The maximum Gasteiger partial charge on any atom is 0.191 e. The highest BCUT2D eigenvalue weighted by atomic mass is 127. The van der Waals surface area contributed by atoms with E-state index in [4.69, 9.17) is 4.74 Å². The fourth-order valence-electron chi connectivity index (χ4n) is 1.63. The van der Waals surface area contributed by atoms with Crippen molar-refractivity contribution in [1.29, 1.82) is 0 Å². The third-order valence-electron chi connectivity index (χ3n) is 2.70. The number of hydrogen-bond acceptors (Lipinski definition) is 2. The number of hydrogen-bond donors (Lipinski definition) is 2. The van der Waals surface area contributed by atoms with E-state index in [9.17, 15) is 0 Å². The molecule has 0 aliphatic carbocycles. The predicted molar refractivity (Wildman–Crippen MR) is 95.6 cm³/mol. The van der Waals surface area contributed by atoms with Gasteiger partial charge in [0.2, 0.25) is 0 Å². The van der Waals surface area contributed by atoms with Gasteiger partial charge in [0, 0.05) is 27.2 Å². The summed E-state index contributed by atoms with van der Waals surface area (Å²) >= 11 is 0. The number of nitrogens with one attached hydrogen (secondary N) is 2. The number of rotatable bonds is 6. The highest BCUT2D eigenvalue weighted by Gasteiger charge is 2.00. The molecule has 0 saturated heterocycles. The molecule has 0 unspecified atom stereocenters. The Kier molecular flexibility index (Phi) is 10.5. The molecule has 0 aliphatic rings. The lowest BCUT2D eigenvalue weighted by molar-refractivity contribution is 0.185. The van der Waals surface area contributed by atoms with E-state index in [0.717, 1.165) is 19.0 Å². The van der Waals surface area contributed by atoms with Crippen LogP contribution in [0.3, 0.4) is 0 Å². The van der Waals surface area contributed by atoms with Gasteiger partial charge in [-0.2, -0.15) is 0 Å². The van der Waals surface area contributed by atoms with Crippen LogP contribution in [0.2, 0.25) is 0 Å². The number of aliphatic imine (C=N–C) groups is 1. The molecule has 0 aliphatic heterocycles. The maximum absolute atomic E-state index is 5.09. The van der Waals surface area contributed by atoms with Crippen molar-refractivity contribution < 1.29 is 4.74 Å². The highest BCUT2D eigenvalue weighted by molar-refractivity contribution is 14.0. The van der Waals surface area contributed by atoms with Gasteiger partial charge in [-0.25, -0.2) is 0 Å². The fraction of sp³-hybridized carbons (Fsp3) is 0.533. The minimum Gasteiger partial charge on any atom is -0.380 e. The number of ether oxygens (including phenoxy) is 1. The van der Waals surface area contributed by atoms with Crippen LogP contribution >= 0.6 is 24.0 Å². The summed E-state index contributed by atoms with van der Waals surface area (Å²) < 4.78 is 5.09. The van der Waals surface area contributed by atoms with Crippen LogP contribution < -0.4 is 10.6 Å². The Balaban J connectivity index is 0.00000361. The number of guanidine groups is 1. The van der Waals surface area contributed by atoms with Gasteiger partial charge in [-0.05, 0) is 17.0 Å². The van der Waals surface area contributed by atoms with Gasteiger partial charge < -0.3 is 15.4 Å². The molecule has 0 fully saturated rings. The largest absolute Gasteiger partial charge is 0.380 e. The van der Waals surface area contributed by atoms with Gasteiger partial charge in [0.25, 0.3) is 0 Å². The topological polar surface area (TPSA) is 45.7 Å². The minimum atomic E-state index is 0. The SMILES string of the molecule is CN=C(NCc1ccc(COC)cc1)NCC(C)C.I. The van der Waals surface area contributed by atoms with Crippen LogP contribution in [-0.2, 0) is 17.9 Å². The van der Waals surface area contributed by atoms with E-state index in [-0.39, 0.29) is 24.0 Å². The monoisotopic (exact) mass is 391 g/mol. The van der Waals surface area contributed by atoms with Crippen molar-refractivity contribution >= 4 is 29.9 Å². The van der Waals surface area contributed by atoms with Crippen molar-refractivity contribution in [1.82, 2.24) is 10.6 Å². The molecule has 1 aromatic rings. The number of halogens is 1. The zero-order chi connectivity index (χ0) is 14.1. The molecule has 1 aromatic carbocycles. The van der Waals surface area contributed by atoms with Gasteiger partial charge in [-0.15, -0.1) is 24.0 Å². The first-order valence-electron chi connectivity index (χ1n) is 6.67. The molecule has 0 amide bonds. The molecule has 5 heteroatoms. The van der Waals surface area contributed by atoms with Crippen LogP contribution in [0.5, 0.6) is 0 Å². The Morgan fingerprint density at radius 2 is 1.75 bits per heavy atom. The van der Waals surface area contributed by atoms with Gasteiger partial charge in [-0.1, -0.05) is 38.1 Å². The summed E-state index contributed by atoms with van der Waals surface area (Å²) in [6.07, 6.45) is 0. The summed E-state index contributed by atoms with van der Waals surface area (Å²) in [4.78, 5) is 4.20. The van der Waals surface area contributed by atoms with Crippen molar-refractivity contribution in [2.45, 2.75) is 27.0 Å². The van der Waals surface area contributed by atoms with Crippen LogP contribution in [0.25, 0.3) is 0 Å². The second-order valence-corrected chi connectivity index (χ2v) is 4.95. The van der Waals surface area contributed by atoms with Gasteiger partial charge in [0.05, 0.1) is 6.61 Å². The van der Waals surface area contributed by atoms with Crippen LogP contribution in [0.1, 0.15) is 25.0 Å². The Morgan fingerprint density at radius 3 is 2.25 bits per heavy atom. The second kappa shape index (κ2) is 10.9. The van der Waals surface area contributed by atoms with Gasteiger partial charge in [-0.3, -0.25) is 4.99 Å². The molecule has 4 nitrogen and oxygen atoms in total. The number of methoxy groups -OCH3 is 1. The first kappa shape index (κ1) is 19.2. The third-order valence-corrected chi connectivity index (χ3v) is 2.70. The fourth-order valence-corrected chi connectivity index (χ4v) is 1.63. The van der Waals surface area contributed by atoms with Gasteiger partial charge in [0.15, 0.2) is 5.96 Å². The Labute approximate surface area is 139 Å².